The van der Waals surface area contributed by atoms with Gasteiger partial charge in [0.05, 0.1) is 0 Å². The van der Waals surface area contributed by atoms with Gasteiger partial charge in [-0.05, 0) is 37.2 Å². The molecule has 0 aromatic rings. The van der Waals surface area contributed by atoms with Crippen LogP contribution in [0.5, 0.6) is 0 Å². The highest BCUT2D eigenvalue weighted by Gasteiger charge is 2.34. The normalized spacial score (nSPS) is 30.3. The van der Waals surface area contributed by atoms with Crippen LogP contribution in [0.15, 0.2) is 0 Å². The van der Waals surface area contributed by atoms with E-state index in [0.29, 0.717) is 4.75 Å². The van der Waals surface area contributed by atoms with Gasteiger partial charge < -0.3 is 0 Å². The maximum atomic E-state index is 4.36. The number of hydrogen-bond acceptors (Lipinski definition) is 3. The van der Waals surface area contributed by atoms with Gasteiger partial charge >= 0.3 is 0 Å². The zero-order valence-corrected chi connectivity index (χ0v) is 9.70. The summed E-state index contributed by atoms with van der Waals surface area (Å²) in [7, 11) is 1.75. The van der Waals surface area contributed by atoms with Gasteiger partial charge in [0.25, 0.3) is 0 Å². The van der Waals surface area contributed by atoms with Gasteiger partial charge in [-0.25, -0.2) is 0 Å². The first-order chi connectivity index (χ1) is 5.23. The van der Waals surface area contributed by atoms with Gasteiger partial charge in [-0.2, -0.15) is 11.8 Å². The first kappa shape index (κ1) is 10.1. The molecule has 1 saturated heterocycles. The Morgan fingerprint density at radius 3 is 2.82 bits per heavy atom. The number of rotatable bonds is 3. The van der Waals surface area contributed by atoms with Gasteiger partial charge in [-0.3, -0.25) is 0 Å². The number of thioether (sulfide) groups is 1. The van der Waals surface area contributed by atoms with Crippen molar-refractivity contribution in [3.63, 3.8) is 0 Å². The summed E-state index contributed by atoms with van der Waals surface area (Å²) in [6.07, 6.45) is 2.63. The molecule has 2 unspecified atom stereocenters. The molecule has 0 aromatic heterocycles. The van der Waals surface area contributed by atoms with Crippen molar-refractivity contribution < 1.29 is 0 Å². The average molecular weight is 208 g/mol. The molecular weight excluding hydrogens is 192 g/mol. The van der Waals surface area contributed by atoms with E-state index in [2.05, 4.69) is 37.3 Å². The van der Waals surface area contributed by atoms with Crippen LogP contribution < -0.4 is 0 Å². The monoisotopic (exact) mass is 208 g/mol. The Morgan fingerprint density at radius 1 is 1.73 bits per heavy atom. The molecule has 0 nitrogen and oxygen atoms in total. The molecule has 2 atom stereocenters. The third kappa shape index (κ3) is 2.25. The third-order valence-corrected chi connectivity index (χ3v) is 6.16. The van der Waals surface area contributed by atoms with Crippen molar-refractivity contribution in [1.29, 1.82) is 0 Å². The quantitative estimate of drug-likeness (QED) is 0.557. The molecule has 0 aliphatic carbocycles. The summed E-state index contributed by atoms with van der Waals surface area (Å²) in [6.45, 7) is 4.62. The first-order valence-corrected chi connectivity index (χ1v) is 7.15. The molecule has 3 heteroatoms. The molecule has 1 rings (SSSR count). The van der Waals surface area contributed by atoms with Crippen LogP contribution in [0.3, 0.4) is 0 Å². The smallest absolute Gasteiger partial charge is 0.0266 e. The van der Waals surface area contributed by atoms with Crippen molar-refractivity contribution >= 4 is 34.2 Å². The van der Waals surface area contributed by atoms with Crippen molar-refractivity contribution in [3.8, 4) is 0 Å². The largest absolute Gasteiger partial charge is 0.162 e. The molecule has 1 aliphatic heterocycles. The standard InChI is InChI=1S/C8H16S3/c1-3-8(2,11-9)7-4-5-10-6-7/h7,9H,3-6H2,1-2H3. The topological polar surface area (TPSA) is 0 Å². The van der Waals surface area contributed by atoms with Crippen LogP contribution in [0.25, 0.3) is 0 Å². The Morgan fingerprint density at radius 2 is 2.45 bits per heavy atom. The lowest BCUT2D eigenvalue weighted by atomic mass is 9.90. The zero-order valence-electron chi connectivity index (χ0n) is 7.17. The highest BCUT2D eigenvalue weighted by Crippen LogP contribution is 2.44. The lowest BCUT2D eigenvalue weighted by molar-refractivity contribution is 0.433. The minimum Gasteiger partial charge on any atom is -0.162 e. The zero-order chi connectivity index (χ0) is 8.32. The Hall–Kier alpha value is 1.05. The molecule has 11 heavy (non-hydrogen) atoms. The molecule has 66 valence electrons. The van der Waals surface area contributed by atoms with Crippen LogP contribution in [0.4, 0.5) is 0 Å². The molecule has 1 fully saturated rings. The van der Waals surface area contributed by atoms with Crippen molar-refractivity contribution in [3.05, 3.63) is 0 Å². The van der Waals surface area contributed by atoms with E-state index in [4.69, 9.17) is 0 Å². The predicted molar refractivity (Wildman–Crippen MR) is 60.7 cm³/mol. The van der Waals surface area contributed by atoms with Crippen LogP contribution in [-0.2, 0) is 0 Å². The SMILES string of the molecule is CCC(C)(SS)C1CCSC1. The summed E-state index contributed by atoms with van der Waals surface area (Å²) in [5, 5.41) is 0. The van der Waals surface area contributed by atoms with Crippen molar-refractivity contribution in [2.45, 2.75) is 31.4 Å². The predicted octanol–water partition coefficient (Wildman–Crippen LogP) is 3.49. The third-order valence-electron chi connectivity index (χ3n) is 2.70. The van der Waals surface area contributed by atoms with Crippen LogP contribution in [0.1, 0.15) is 26.7 Å². The van der Waals surface area contributed by atoms with Gasteiger partial charge in [0, 0.05) is 4.75 Å². The van der Waals surface area contributed by atoms with Gasteiger partial charge in [-0.1, -0.05) is 17.7 Å². The Bertz CT molecular complexity index is 115. The molecule has 1 aliphatic rings. The molecule has 1 heterocycles. The summed E-state index contributed by atoms with van der Waals surface area (Å²) in [5.41, 5.74) is 0. The molecular formula is C8H16S3. The lowest BCUT2D eigenvalue weighted by Crippen LogP contribution is -2.29. The van der Waals surface area contributed by atoms with Crippen LogP contribution in [0.2, 0.25) is 0 Å². The molecule has 0 N–H and O–H groups in total. The van der Waals surface area contributed by atoms with Gasteiger partial charge in [-0.15, -0.1) is 11.7 Å². The van der Waals surface area contributed by atoms with E-state index in [0.717, 1.165) is 5.92 Å². The van der Waals surface area contributed by atoms with E-state index in [1.54, 1.807) is 10.8 Å². The Kier molecular flexibility index (Phi) is 3.99. The fourth-order valence-electron chi connectivity index (χ4n) is 1.44. The van der Waals surface area contributed by atoms with Crippen molar-refractivity contribution in [2.75, 3.05) is 11.5 Å². The van der Waals surface area contributed by atoms with Crippen LogP contribution in [-0.4, -0.2) is 16.3 Å². The average Bonchev–Trinajstić information content (AvgIpc) is 2.55. The van der Waals surface area contributed by atoms with E-state index in [1.807, 2.05) is 0 Å². The second-order valence-electron chi connectivity index (χ2n) is 3.32. The summed E-state index contributed by atoms with van der Waals surface area (Å²) >= 11 is 6.46. The number of thiol groups is 1. The maximum Gasteiger partial charge on any atom is 0.0266 e. The fourth-order valence-corrected chi connectivity index (χ4v) is 4.30. The molecule has 0 saturated carbocycles. The van der Waals surface area contributed by atoms with Gasteiger partial charge in [0.1, 0.15) is 0 Å². The van der Waals surface area contributed by atoms with Crippen LogP contribution >= 0.6 is 34.2 Å². The first-order valence-electron chi connectivity index (χ1n) is 4.13. The highest BCUT2D eigenvalue weighted by molar-refractivity contribution is 8.69. The number of hydrogen-bond donors (Lipinski definition) is 1. The van der Waals surface area contributed by atoms with E-state index in [1.165, 1.54) is 24.3 Å². The Balaban J connectivity index is 2.52. The van der Waals surface area contributed by atoms with Crippen molar-refractivity contribution in [2.24, 2.45) is 5.92 Å². The Labute approximate surface area is 83.1 Å². The second kappa shape index (κ2) is 4.33. The lowest BCUT2D eigenvalue weighted by Gasteiger charge is -2.31. The second-order valence-corrected chi connectivity index (χ2v) is 6.13. The summed E-state index contributed by atoms with van der Waals surface area (Å²) in [4.78, 5) is 0. The minimum absolute atomic E-state index is 0.423. The molecule has 0 radical (unpaired) electrons. The molecule has 0 spiro atoms. The molecule has 0 aromatic carbocycles. The van der Waals surface area contributed by atoms with Gasteiger partial charge in [0.15, 0.2) is 0 Å². The summed E-state index contributed by atoms with van der Waals surface area (Å²) < 4.78 is 0.423. The molecule has 0 amide bonds. The maximum absolute atomic E-state index is 4.36. The van der Waals surface area contributed by atoms with Crippen LogP contribution in [0, 0.1) is 5.92 Å². The fraction of sp³-hybridized carbons (Fsp3) is 1.00. The van der Waals surface area contributed by atoms with E-state index in [9.17, 15) is 0 Å². The minimum atomic E-state index is 0.423. The summed E-state index contributed by atoms with van der Waals surface area (Å²) in [5.74, 6) is 3.59. The van der Waals surface area contributed by atoms with E-state index in [-0.39, 0.29) is 0 Å². The van der Waals surface area contributed by atoms with Crippen molar-refractivity contribution in [1.82, 2.24) is 0 Å². The van der Waals surface area contributed by atoms with Gasteiger partial charge in [0.2, 0.25) is 0 Å². The van der Waals surface area contributed by atoms with E-state index >= 15 is 0 Å². The highest BCUT2D eigenvalue weighted by atomic mass is 33.1. The van der Waals surface area contributed by atoms with E-state index < -0.39 is 0 Å². The molecule has 0 bridgehead atoms. The summed E-state index contributed by atoms with van der Waals surface area (Å²) in [6, 6.07) is 0.